The highest BCUT2D eigenvalue weighted by molar-refractivity contribution is 6.62. The Labute approximate surface area is 140 Å². The Hall–Kier alpha value is -1.07. The third kappa shape index (κ3) is 3.01. The molecule has 0 unspecified atom stereocenters. The van der Waals surface area contributed by atoms with E-state index in [4.69, 9.17) is 14.3 Å². The molecule has 0 aliphatic carbocycles. The van der Waals surface area contributed by atoms with Crippen molar-refractivity contribution in [3.05, 3.63) is 17.8 Å². The quantitative estimate of drug-likeness (QED) is 0.786. The summed E-state index contributed by atoms with van der Waals surface area (Å²) in [7, 11) is -0.333. The average molecular weight is 316 g/mol. The molecule has 0 spiro atoms. The number of piperidine rings is 1. The lowest BCUT2D eigenvalue weighted by molar-refractivity contribution is 0.00578. The number of rotatable bonds is 2. The van der Waals surface area contributed by atoms with Crippen LogP contribution >= 0.6 is 0 Å². The van der Waals surface area contributed by atoms with Gasteiger partial charge in [0.15, 0.2) is 0 Å². The van der Waals surface area contributed by atoms with E-state index in [-0.39, 0.29) is 18.3 Å². The van der Waals surface area contributed by atoms with Crippen molar-refractivity contribution in [3.8, 4) is 0 Å². The van der Waals surface area contributed by atoms with Crippen molar-refractivity contribution in [1.29, 1.82) is 0 Å². The van der Waals surface area contributed by atoms with E-state index in [0.29, 0.717) is 6.04 Å². The Morgan fingerprint density at radius 3 is 2.39 bits per heavy atom. The summed E-state index contributed by atoms with van der Waals surface area (Å²) < 4.78 is 12.3. The fourth-order valence-corrected chi connectivity index (χ4v) is 3.36. The van der Waals surface area contributed by atoms with E-state index in [9.17, 15) is 0 Å². The van der Waals surface area contributed by atoms with Crippen molar-refractivity contribution in [3.63, 3.8) is 0 Å². The minimum Gasteiger partial charge on any atom is -0.399 e. The first kappa shape index (κ1) is 16.8. The summed E-state index contributed by atoms with van der Waals surface area (Å²) in [6, 6.07) is 2.75. The van der Waals surface area contributed by atoms with Crippen LogP contribution in [0.4, 0.5) is 5.82 Å². The second-order valence-electron chi connectivity index (χ2n) is 8.03. The van der Waals surface area contributed by atoms with E-state index in [1.54, 1.807) is 0 Å². The molecule has 3 heterocycles. The van der Waals surface area contributed by atoms with Crippen LogP contribution in [-0.4, -0.2) is 35.9 Å². The van der Waals surface area contributed by atoms with Gasteiger partial charge in [-0.15, -0.1) is 0 Å². The summed E-state index contributed by atoms with van der Waals surface area (Å²) in [6.07, 6.45) is 5.76. The maximum Gasteiger partial charge on any atom is 0.496 e. The van der Waals surface area contributed by atoms with E-state index in [1.807, 2.05) is 6.20 Å². The molecule has 0 bridgehead atoms. The summed E-state index contributed by atoms with van der Waals surface area (Å²) in [6.45, 7) is 13.8. The van der Waals surface area contributed by atoms with Crippen LogP contribution in [0.1, 0.15) is 59.4 Å². The van der Waals surface area contributed by atoms with Gasteiger partial charge >= 0.3 is 7.12 Å². The molecule has 1 atom stereocenters. The number of aromatic nitrogens is 1. The standard InChI is InChI=1S/C18H29BN2O2/c1-13-11-16(21-10-8-7-9-14(21)2)20-12-15(13)19-22-17(3,4)18(5,6)23-19/h11-12,14H,7-10H2,1-6H3/t14-/m1/s1. The van der Waals surface area contributed by atoms with Crippen LogP contribution in [0.25, 0.3) is 0 Å². The van der Waals surface area contributed by atoms with Crippen molar-refractivity contribution in [1.82, 2.24) is 4.98 Å². The van der Waals surface area contributed by atoms with Gasteiger partial charge < -0.3 is 14.2 Å². The van der Waals surface area contributed by atoms with Crippen molar-refractivity contribution in [2.45, 2.75) is 78.0 Å². The zero-order valence-electron chi connectivity index (χ0n) is 15.3. The van der Waals surface area contributed by atoms with Crippen LogP contribution in [-0.2, 0) is 9.31 Å². The topological polar surface area (TPSA) is 34.6 Å². The summed E-state index contributed by atoms with van der Waals surface area (Å²) in [4.78, 5) is 7.14. The number of pyridine rings is 1. The van der Waals surface area contributed by atoms with Crippen molar-refractivity contribution in [2.75, 3.05) is 11.4 Å². The highest BCUT2D eigenvalue weighted by atomic mass is 16.7. The molecular weight excluding hydrogens is 287 g/mol. The van der Waals surface area contributed by atoms with Gasteiger partial charge in [-0.05, 0) is 72.4 Å². The van der Waals surface area contributed by atoms with E-state index < -0.39 is 0 Å². The van der Waals surface area contributed by atoms with Gasteiger partial charge in [0, 0.05) is 24.2 Å². The first-order valence-corrected chi connectivity index (χ1v) is 8.80. The van der Waals surface area contributed by atoms with E-state index in [1.165, 1.54) is 24.8 Å². The predicted octanol–water partition coefficient (Wildman–Crippen LogP) is 3.07. The number of aryl methyl sites for hydroxylation is 1. The highest BCUT2D eigenvalue weighted by Gasteiger charge is 2.52. The minimum absolute atomic E-state index is 0.315. The van der Waals surface area contributed by atoms with Crippen LogP contribution in [0, 0.1) is 6.92 Å². The lowest BCUT2D eigenvalue weighted by Gasteiger charge is -2.34. The molecule has 5 heteroatoms. The molecule has 0 N–H and O–H groups in total. The second kappa shape index (κ2) is 5.78. The molecule has 126 valence electrons. The van der Waals surface area contributed by atoms with E-state index in [2.05, 4.69) is 52.5 Å². The molecule has 2 fully saturated rings. The van der Waals surface area contributed by atoms with E-state index >= 15 is 0 Å². The molecule has 1 aromatic heterocycles. The van der Waals surface area contributed by atoms with Gasteiger partial charge in [-0.1, -0.05) is 0 Å². The fraction of sp³-hybridized carbons (Fsp3) is 0.722. The van der Waals surface area contributed by atoms with Gasteiger partial charge in [-0.2, -0.15) is 0 Å². The van der Waals surface area contributed by atoms with Crippen molar-refractivity contribution in [2.24, 2.45) is 0 Å². The van der Waals surface area contributed by atoms with Gasteiger partial charge in [0.25, 0.3) is 0 Å². The van der Waals surface area contributed by atoms with Crippen molar-refractivity contribution >= 4 is 18.4 Å². The Bertz CT molecular complexity index is 572. The molecular formula is C18H29BN2O2. The molecule has 0 amide bonds. The first-order chi connectivity index (χ1) is 10.7. The van der Waals surface area contributed by atoms with Crippen LogP contribution in [0.15, 0.2) is 12.3 Å². The van der Waals surface area contributed by atoms with Crippen LogP contribution in [0.3, 0.4) is 0 Å². The Morgan fingerprint density at radius 1 is 1.17 bits per heavy atom. The largest absolute Gasteiger partial charge is 0.496 e. The van der Waals surface area contributed by atoms with Gasteiger partial charge in [0.2, 0.25) is 0 Å². The molecule has 2 saturated heterocycles. The molecule has 0 radical (unpaired) electrons. The number of hydrogen-bond donors (Lipinski definition) is 0. The third-order valence-corrected chi connectivity index (χ3v) is 5.74. The molecule has 3 rings (SSSR count). The number of anilines is 1. The highest BCUT2D eigenvalue weighted by Crippen LogP contribution is 2.36. The monoisotopic (exact) mass is 316 g/mol. The molecule has 1 aromatic rings. The molecule has 4 nitrogen and oxygen atoms in total. The van der Waals surface area contributed by atoms with E-state index in [0.717, 1.165) is 17.8 Å². The smallest absolute Gasteiger partial charge is 0.399 e. The Balaban J connectivity index is 1.83. The Morgan fingerprint density at radius 2 is 1.83 bits per heavy atom. The summed E-state index contributed by atoms with van der Waals surface area (Å²) in [5.74, 6) is 1.08. The fourth-order valence-electron chi connectivity index (χ4n) is 3.36. The molecule has 23 heavy (non-hydrogen) atoms. The third-order valence-electron chi connectivity index (χ3n) is 5.74. The minimum atomic E-state index is -0.333. The van der Waals surface area contributed by atoms with Crippen LogP contribution < -0.4 is 10.4 Å². The predicted molar refractivity (Wildman–Crippen MR) is 95.3 cm³/mol. The molecule has 2 aliphatic heterocycles. The molecule has 2 aliphatic rings. The maximum absolute atomic E-state index is 6.16. The van der Waals surface area contributed by atoms with Crippen LogP contribution in [0.5, 0.6) is 0 Å². The van der Waals surface area contributed by atoms with Gasteiger partial charge in [-0.3, -0.25) is 0 Å². The number of nitrogens with zero attached hydrogens (tertiary/aromatic N) is 2. The van der Waals surface area contributed by atoms with Gasteiger partial charge in [-0.25, -0.2) is 4.98 Å². The first-order valence-electron chi connectivity index (χ1n) is 8.80. The average Bonchev–Trinajstić information content (AvgIpc) is 2.67. The van der Waals surface area contributed by atoms with Gasteiger partial charge in [0.05, 0.1) is 11.2 Å². The molecule has 0 saturated carbocycles. The van der Waals surface area contributed by atoms with Crippen molar-refractivity contribution < 1.29 is 9.31 Å². The summed E-state index contributed by atoms with van der Waals surface area (Å²) in [5.41, 5.74) is 1.59. The lowest BCUT2D eigenvalue weighted by atomic mass is 9.77. The SMILES string of the molecule is Cc1cc(N2CCCC[C@H]2C)ncc1B1OC(C)(C)C(C)(C)O1. The summed E-state index contributed by atoms with van der Waals surface area (Å²) >= 11 is 0. The number of hydrogen-bond acceptors (Lipinski definition) is 4. The normalized spacial score (nSPS) is 26.6. The second-order valence-corrected chi connectivity index (χ2v) is 8.03. The maximum atomic E-state index is 6.16. The lowest BCUT2D eigenvalue weighted by Crippen LogP contribution is -2.41. The zero-order valence-corrected chi connectivity index (χ0v) is 15.3. The van der Waals surface area contributed by atoms with Crippen LogP contribution in [0.2, 0.25) is 0 Å². The molecule has 0 aromatic carbocycles. The summed E-state index contributed by atoms with van der Waals surface area (Å²) in [5, 5.41) is 0. The Kier molecular flexibility index (Phi) is 4.22. The van der Waals surface area contributed by atoms with Gasteiger partial charge in [0.1, 0.15) is 5.82 Å². The zero-order chi connectivity index (χ0) is 16.8.